The minimum atomic E-state index is -0.639. The molecule has 0 spiro atoms. The van der Waals surface area contributed by atoms with E-state index in [1.807, 2.05) is 0 Å². The molecule has 0 aliphatic heterocycles. The molecular formula is C10H7ClF2N2S. The van der Waals surface area contributed by atoms with Gasteiger partial charge in [-0.25, -0.2) is 8.78 Å². The number of nitrogens with zero attached hydrogens (tertiary/aromatic N) is 2. The van der Waals surface area contributed by atoms with E-state index in [1.165, 1.54) is 17.4 Å². The average Bonchev–Trinajstić information content (AvgIpc) is 2.71. The number of benzene rings is 1. The lowest BCUT2D eigenvalue weighted by Crippen LogP contribution is -1.90. The van der Waals surface area contributed by atoms with E-state index in [9.17, 15) is 8.78 Å². The maximum atomic E-state index is 13.5. The van der Waals surface area contributed by atoms with Gasteiger partial charge in [-0.3, -0.25) is 0 Å². The van der Waals surface area contributed by atoms with E-state index in [1.54, 1.807) is 6.92 Å². The molecule has 16 heavy (non-hydrogen) atoms. The van der Waals surface area contributed by atoms with Crippen molar-refractivity contribution in [3.05, 3.63) is 34.3 Å². The summed E-state index contributed by atoms with van der Waals surface area (Å²) in [5.74, 6) is -0.969. The predicted octanol–water partition coefficient (Wildman–Crippen LogP) is 3.53. The van der Waals surface area contributed by atoms with Crippen LogP contribution in [0, 0.1) is 18.6 Å². The molecule has 2 aromatic rings. The summed E-state index contributed by atoms with van der Waals surface area (Å²) >= 11 is 6.78. The molecule has 0 amide bonds. The maximum Gasteiger partial charge on any atom is 0.150 e. The molecule has 6 heteroatoms. The number of hydrogen-bond donors (Lipinski definition) is 0. The molecule has 0 aliphatic carbocycles. The number of aryl methyl sites for hydroxylation is 1. The molecule has 84 valence electrons. The van der Waals surface area contributed by atoms with Gasteiger partial charge in [0.2, 0.25) is 0 Å². The van der Waals surface area contributed by atoms with Gasteiger partial charge < -0.3 is 0 Å². The Balaban J connectivity index is 2.51. The van der Waals surface area contributed by atoms with Gasteiger partial charge in [-0.05, 0) is 18.6 Å². The highest BCUT2D eigenvalue weighted by atomic mass is 35.5. The van der Waals surface area contributed by atoms with Crippen molar-refractivity contribution in [2.24, 2.45) is 0 Å². The van der Waals surface area contributed by atoms with Crippen LogP contribution in [0.4, 0.5) is 8.78 Å². The Morgan fingerprint density at radius 3 is 2.62 bits per heavy atom. The molecule has 2 rings (SSSR count). The summed E-state index contributed by atoms with van der Waals surface area (Å²) in [4.78, 5) is 0. The maximum absolute atomic E-state index is 13.5. The fourth-order valence-electron chi connectivity index (χ4n) is 1.24. The summed E-state index contributed by atoms with van der Waals surface area (Å²) in [6.45, 7) is 1.57. The van der Waals surface area contributed by atoms with Crippen molar-refractivity contribution in [3.63, 3.8) is 0 Å². The number of rotatable bonds is 2. The molecule has 0 fully saturated rings. The zero-order chi connectivity index (χ0) is 11.7. The Morgan fingerprint density at radius 1 is 1.25 bits per heavy atom. The third kappa shape index (κ3) is 2.05. The number of alkyl halides is 1. The van der Waals surface area contributed by atoms with E-state index in [0.717, 1.165) is 6.07 Å². The molecule has 1 aromatic carbocycles. The van der Waals surface area contributed by atoms with Crippen LogP contribution in [0.25, 0.3) is 10.6 Å². The highest BCUT2D eigenvalue weighted by Crippen LogP contribution is 2.28. The lowest BCUT2D eigenvalue weighted by Gasteiger charge is -2.01. The topological polar surface area (TPSA) is 25.8 Å². The van der Waals surface area contributed by atoms with Crippen LogP contribution >= 0.6 is 22.9 Å². The van der Waals surface area contributed by atoms with Gasteiger partial charge >= 0.3 is 0 Å². The van der Waals surface area contributed by atoms with Crippen molar-refractivity contribution in [2.45, 2.75) is 12.8 Å². The third-order valence-electron chi connectivity index (χ3n) is 2.06. The minimum absolute atomic E-state index is 0.236. The van der Waals surface area contributed by atoms with E-state index in [4.69, 9.17) is 11.6 Å². The van der Waals surface area contributed by atoms with Crippen LogP contribution in [0.2, 0.25) is 0 Å². The Bertz CT molecular complexity index is 528. The van der Waals surface area contributed by atoms with Crippen LogP contribution in [-0.2, 0) is 5.88 Å². The molecule has 0 atom stereocenters. The highest BCUT2D eigenvalue weighted by molar-refractivity contribution is 7.14. The van der Waals surface area contributed by atoms with Gasteiger partial charge in [0.05, 0.1) is 5.88 Å². The van der Waals surface area contributed by atoms with Gasteiger partial charge in [0.1, 0.15) is 16.6 Å². The van der Waals surface area contributed by atoms with Crippen molar-refractivity contribution in [3.8, 4) is 10.6 Å². The first-order valence-corrected chi connectivity index (χ1v) is 5.81. The molecule has 0 saturated carbocycles. The summed E-state index contributed by atoms with van der Waals surface area (Å²) in [6.07, 6.45) is 0. The monoisotopic (exact) mass is 260 g/mol. The second-order valence-corrected chi connectivity index (χ2v) is 4.55. The molecule has 1 heterocycles. The highest BCUT2D eigenvalue weighted by Gasteiger charge is 2.13. The molecule has 0 N–H and O–H groups in total. The third-order valence-corrected chi connectivity index (χ3v) is 3.43. The van der Waals surface area contributed by atoms with E-state index < -0.39 is 11.6 Å². The largest absolute Gasteiger partial charge is 0.207 e. The SMILES string of the molecule is Cc1cc(-c2nnc(CCl)s2)c(F)cc1F. The first-order valence-electron chi connectivity index (χ1n) is 4.46. The first-order chi connectivity index (χ1) is 7.61. The van der Waals surface area contributed by atoms with E-state index >= 15 is 0 Å². The number of aromatic nitrogens is 2. The molecule has 0 aliphatic rings. The van der Waals surface area contributed by atoms with Crippen LogP contribution in [0.1, 0.15) is 10.6 Å². The van der Waals surface area contributed by atoms with Gasteiger partial charge in [-0.1, -0.05) is 11.3 Å². The Hall–Kier alpha value is -1.07. The quantitative estimate of drug-likeness (QED) is 0.772. The van der Waals surface area contributed by atoms with Crippen molar-refractivity contribution in [2.75, 3.05) is 0 Å². The van der Waals surface area contributed by atoms with E-state index in [2.05, 4.69) is 10.2 Å². The lowest BCUT2D eigenvalue weighted by atomic mass is 10.1. The molecular weight excluding hydrogens is 254 g/mol. The normalized spacial score (nSPS) is 10.8. The molecule has 2 nitrogen and oxygen atoms in total. The van der Waals surface area contributed by atoms with E-state index in [-0.39, 0.29) is 11.4 Å². The van der Waals surface area contributed by atoms with Crippen LogP contribution in [0.5, 0.6) is 0 Å². The van der Waals surface area contributed by atoms with Gasteiger partial charge in [0.15, 0.2) is 5.01 Å². The average molecular weight is 261 g/mol. The molecule has 1 aromatic heterocycles. The fraction of sp³-hybridized carbons (Fsp3) is 0.200. The standard InChI is InChI=1S/C10H7ClF2N2S/c1-5-2-6(8(13)3-7(5)12)10-15-14-9(4-11)16-10/h2-3H,4H2,1H3. The second-order valence-electron chi connectivity index (χ2n) is 3.22. The summed E-state index contributed by atoms with van der Waals surface area (Å²) < 4.78 is 26.5. The molecule has 0 radical (unpaired) electrons. The Labute approximate surface area is 99.9 Å². The zero-order valence-corrected chi connectivity index (χ0v) is 9.87. The van der Waals surface area contributed by atoms with Crippen molar-refractivity contribution in [1.29, 1.82) is 0 Å². The Morgan fingerprint density at radius 2 is 2.00 bits per heavy atom. The Kier molecular flexibility index (Phi) is 3.16. The molecule has 0 bridgehead atoms. The first kappa shape index (κ1) is 11.4. The van der Waals surface area contributed by atoms with Gasteiger partial charge in [0, 0.05) is 11.6 Å². The summed E-state index contributed by atoms with van der Waals surface area (Å²) in [5.41, 5.74) is 0.631. The summed E-state index contributed by atoms with van der Waals surface area (Å²) in [6, 6.07) is 2.27. The molecule has 0 saturated heterocycles. The van der Waals surface area contributed by atoms with Crippen molar-refractivity contribution in [1.82, 2.24) is 10.2 Å². The summed E-state index contributed by atoms with van der Waals surface area (Å²) in [7, 11) is 0. The van der Waals surface area contributed by atoms with Crippen LogP contribution < -0.4 is 0 Å². The lowest BCUT2D eigenvalue weighted by molar-refractivity contribution is 0.579. The van der Waals surface area contributed by atoms with Crippen LogP contribution in [0.15, 0.2) is 12.1 Å². The van der Waals surface area contributed by atoms with Gasteiger partial charge in [-0.2, -0.15) is 0 Å². The molecule has 0 unspecified atom stereocenters. The second kappa shape index (κ2) is 4.43. The van der Waals surface area contributed by atoms with Crippen LogP contribution in [0.3, 0.4) is 0 Å². The number of halogens is 3. The van der Waals surface area contributed by atoms with Crippen molar-refractivity contribution >= 4 is 22.9 Å². The van der Waals surface area contributed by atoms with Gasteiger partial charge in [0.25, 0.3) is 0 Å². The fourth-order valence-corrected chi connectivity index (χ4v) is 2.16. The smallest absolute Gasteiger partial charge is 0.150 e. The van der Waals surface area contributed by atoms with Crippen LogP contribution in [-0.4, -0.2) is 10.2 Å². The number of hydrogen-bond acceptors (Lipinski definition) is 3. The summed E-state index contributed by atoms with van der Waals surface area (Å²) in [5, 5.41) is 8.61. The van der Waals surface area contributed by atoms with Gasteiger partial charge in [-0.15, -0.1) is 21.8 Å². The van der Waals surface area contributed by atoms with E-state index in [0.29, 0.717) is 15.6 Å². The van der Waals surface area contributed by atoms with Crippen molar-refractivity contribution < 1.29 is 8.78 Å². The minimum Gasteiger partial charge on any atom is -0.207 e. The zero-order valence-electron chi connectivity index (χ0n) is 8.30. The predicted molar refractivity (Wildman–Crippen MR) is 59.6 cm³/mol.